The molecule has 2 heterocycles. The van der Waals surface area contributed by atoms with Crippen LogP contribution >= 0.6 is 0 Å². The SMILES string of the molecule is C[C@H](O)C[C@H](O)[C@@H]1CC[C@@H]2[C@H](O)[C@H](O)[C@@H](CO)N21. The molecule has 7 atom stereocenters. The molecule has 0 unspecified atom stereocenters. The van der Waals surface area contributed by atoms with E-state index in [2.05, 4.69) is 0 Å². The fourth-order valence-electron chi connectivity index (χ4n) is 3.46. The molecule has 2 aliphatic rings. The fourth-order valence-corrected chi connectivity index (χ4v) is 3.46. The van der Waals surface area contributed by atoms with Gasteiger partial charge < -0.3 is 25.5 Å². The molecule has 0 aromatic carbocycles. The molecule has 0 radical (unpaired) electrons. The van der Waals surface area contributed by atoms with Crippen molar-refractivity contribution < 1.29 is 25.5 Å². The van der Waals surface area contributed by atoms with Crippen molar-refractivity contribution in [3.8, 4) is 0 Å². The Kier molecular flexibility index (Phi) is 4.25. The number of hydrogen-bond acceptors (Lipinski definition) is 6. The Hall–Kier alpha value is -0.240. The van der Waals surface area contributed by atoms with Gasteiger partial charge in [-0.05, 0) is 19.8 Å². The molecule has 6 heteroatoms. The fraction of sp³-hybridized carbons (Fsp3) is 1.00. The van der Waals surface area contributed by atoms with E-state index in [0.717, 1.165) is 0 Å². The van der Waals surface area contributed by atoms with Crippen LogP contribution in [0.5, 0.6) is 0 Å². The first-order valence-electron chi connectivity index (χ1n) is 6.58. The molecule has 0 aliphatic carbocycles. The van der Waals surface area contributed by atoms with Gasteiger partial charge in [-0.2, -0.15) is 0 Å². The molecule has 0 amide bonds. The molecular formula is C12H23NO5. The molecule has 0 aromatic rings. The zero-order valence-electron chi connectivity index (χ0n) is 10.6. The quantitative estimate of drug-likeness (QED) is 0.403. The first-order valence-corrected chi connectivity index (χ1v) is 6.58. The highest BCUT2D eigenvalue weighted by molar-refractivity contribution is 5.08. The minimum absolute atomic E-state index is 0.203. The summed E-state index contributed by atoms with van der Waals surface area (Å²) < 4.78 is 0. The standard InChI is InChI=1S/C12H23NO5/c1-6(15)4-10(16)7-2-3-8-11(17)12(18)9(5-14)13(7)8/h6-12,14-18H,2-5H2,1H3/t6-,7-,8+,9+,10-,11-,12+/m0/s1. The normalized spacial score (nSPS) is 44.0. The zero-order chi connectivity index (χ0) is 13.4. The lowest BCUT2D eigenvalue weighted by molar-refractivity contribution is -0.0118. The predicted octanol–water partition coefficient (Wildman–Crippen LogP) is -1.95. The lowest BCUT2D eigenvalue weighted by Gasteiger charge is -2.33. The summed E-state index contributed by atoms with van der Waals surface area (Å²) in [5.74, 6) is 0. The van der Waals surface area contributed by atoms with Crippen LogP contribution in [-0.4, -0.2) is 79.6 Å². The minimum Gasteiger partial charge on any atom is -0.395 e. The third kappa shape index (κ3) is 2.29. The maximum Gasteiger partial charge on any atom is 0.0991 e. The molecule has 2 saturated heterocycles. The van der Waals surface area contributed by atoms with Gasteiger partial charge in [-0.3, -0.25) is 4.90 Å². The lowest BCUT2D eigenvalue weighted by Crippen LogP contribution is -2.48. The largest absolute Gasteiger partial charge is 0.395 e. The number of fused-ring (bicyclic) bond motifs is 1. The van der Waals surface area contributed by atoms with Crippen LogP contribution in [0.4, 0.5) is 0 Å². The van der Waals surface area contributed by atoms with Crippen molar-refractivity contribution in [3.63, 3.8) is 0 Å². The third-order valence-electron chi connectivity index (χ3n) is 4.26. The van der Waals surface area contributed by atoms with Crippen LogP contribution in [0.25, 0.3) is 0 Å². The van der Waals surface area contributed by atoms with E-state index in [9.17, 15) is 25.5 Å². The zero-order valence-corrected chi connectivity index (χ0v) is 10.6. The van der Waals surface area contributed by atoms with Crippen LogP contribution in [0.3, 0.4) is 0 Å². The van der Waals surface area contributed by atoms with Gasteiger partial charge in [0.1, 0.15) is 0 Å². The molecule has 0 saturated carbocycles. The minimum atomic E-state index is -0.971. The smallest absolute Gasteiger partial charge is 0.0991 e. The Balaban J connectivity index is 2.11. The van der Waals surface area contributed by atoms with Crippen molar-refractivity contribution in [3.05, 3.63) is 0 Å². The van der Waals surface area contributed by atoms with Crippen molar-refractivity contribution in [1.29, 1.82) is 0 Å². The second kappa shape index (κ2) is 5.40. The summed E-state index contributed by atoms with van der Waals surface area (Å²) in [6.07, 6.45) is -1.48. The number of nitrogens with zero attached hydrogens (tertiary/aromatic N) is 1. The highest BCUT2D eigenvalue weighted by atomic mass is 16.3. The molecule has 106 valence electrons. The first-order chi connectivity index (χ1) is 8.47. The van der Waals surface area contributed by atoms with E-state index in [-0.39, 0.29) is 25.1 Å². The first kappa shape index (κ1) is 14.2. The van der Waals surface area contributed by atoms with E-state index in [1.54, 1.807) is 6.92 Å². The van der Waals surface area contributed by atoms with E-state index < -0.39 is 30.5 Å². The van der Waals surface area contributed by atoms with Gasteiger partial charge in [-0.25, -0.2) is 0 Å². The molecule has 5 N–H and O–H groups in total. The van der Waals surface area contributed by atoms with Crippen LogP contribution in [0.1, 0.15) is 26.2 Å². The second-order valence-corrected chi connectivity index (χ2v) is 5.54. The Morgan fingerprint density at radius 3 is 2.39 bits per heavy atom. The van der Waals surface area contributed by atoms with Gasteiger partial charge in [0.15, 0.2) is 0 Å². The van der Waals surface area contributed by atoms with E-state index in [4.69, 9.17) is 0 Å². The third-order valence-corrected chi connectivity index (χ3v) is 4.26. The van der Waals surface area contributed by atoms with Gasteiger partial charge in [0.25, 0.3) is 0 Å². The van der Waals surface area contributed by atoms with Crippen LogP contribution in [0, 0.1) is 0 Å². The molecular weight excluding hydrogens is 238 g/mol. The van der Waals surface area contributed by atoms with Gasteiger partial charge in [0.05, 0.1) is 37.1 Å². The number of rotatable bonds is 4. The Bertz CT molecular complexity index is 286. The van der Waals surface area contributed by atoms with Crippen molar-refractivity contribution in [2.45, 2.75) is 68.7 Å². The number of aliphatic hydroxyl groups excluding tert-OH is 5. The molecule has 2 fully saturated rings. The number of aliphatic hydroxyl groups is 5. The lowest BCUT2D eigenvalue weighted by atomic mass is 9.99. The summed E-state index contributed by atoms with van der Waals surface area (Å²) in [6, 6.07) is -0.944. The van der Waals surface area contributed by atoms with Crippen LogP contribution < -0.4 is 0 Å². The highest BCUT2D eigenvalue weighted by Crippen LogP contribution is 2.38. The Labute approximate surface area is 106 Å². The van der Waals surface area contributed by atoms with E-state index in [0.29, 0.717) is 12.8 Å². The molecule has 0 spiro atoms. The van der Waals surface area contributed by atoms with Gasteiger partial charge in [0.2, 0.25) is 0 Å². The molecule has 2 aliphatic heterocycles. The summed E-state index contributed by atoms with van der Waals surface area (Å²) in [5.41, 5.74) is 0. The Morgan fingerprint density at radius 2 is 1.83 bits per heavy atom. The van der Waals surface area contributed by atoms with Crippen molar-refractivity contribution in [2.75, 3.05) is 6.61 Å². The highest BCUT2D eigenvalue weighted by Gasteiger charge is 2.54. The van der Waals surface area contributed by atoms with Gasteiger partial charge in [0, 0.05) is 18.5 Å². The van der Waals surface area contributed by atoms with Crippen molar-refractivity contribution >= 4 is 0 Å². The summed E-state index contributed by atoms with van der Waals surface area (Å²) in [4.78, 5) is 1.84. The number of hydrogen-bond donors (Lipinski definition) is 5. The molecule has 18 heavy (non-hydrogen) atoms. The van der Waals surface area contributed by atoms with E-state index >= 15 is 0 Å². The van der Waals surface area contributed by atoms with Crippen LogP contribution in [0.2, 0.25) is 0 Å². The van der Waals surface area contributed by atoms with Crippen molar-refractivity contribution in [2.24, 2.45) is 0 Å². The van der Waals surface area contributed by atoms with Gasteiger partial charge in [-0.15, -0.1) is 0 Å². The monoisotopic (exact) mass is 261 g/mol. The summed E-state index contributed by atoms with van der Waals surface area (Å²) in [7, 11) is 0. The summed E-state index contributed by atoms with van der Waals surface area (Å²) in [5, 5.41) is 48.5. The Morgan fingerprint density at radius 1 is 1.17 bits per heavy atom. The van der Waals surface area contributed by atoms with E-state index in [1.807, 2.05) is 4.90 Å². The van der Waals surface area contributed by atoms with Crippen LogP contribution in [0.15, 0.2) is 0 Å². The van der Waals surface area contributed by atoms with Gasteiger partial charge >= 0.3 is 0 Å². The average molecular weight is 261 g/mol. The average Bonchev–Trinajstić information content (AvgIpc) is 2.80. The maximum absolute atomic E-state index is 10.1. The topological polar surface area (TPSA) is 104 Å². The summed E-state index contributed by atoms with van der Waals surface area (Å²) >= 11 is 0. The summed E-state index contributed by atoms with van der Waals surface area (Å²) in [6.45, 7) is 1.37. The maximum atomic E-state index is 10.1. The van der Waals surface area contributed by atoms with Gasteiger partial charge in [-0.1, -0.05) is 0 Å². The van der Waals surface area contributed by atoms with Crippen LogP contribution in [-0.2, 0) is 0 Å². The molecule has 0 aromatic heterocycles. The molecule has 6 nitrogen and oxygen atoms in total. The van der Waals surface area contributed by atoms with E-state index in [1.165, 1.54) is 0 Å². The predicted molar refractivity (Wildman–Crippen MR) is 63.8 cm³/mol. The van der Waals surface area contributed by atoms with Crippen molar-refractivity contribution in [1.82, 2.24) is 4.90 Å². The molecule has 0 bridgehead atoms. The second-order valence-electron chi connectivity index (χ2n) is 5.54. The molecule has 2 rings (SSSR count).